The second kappa shape index (κ2) is 6.80. The normalized spacial score (nSPS) is 18.8. The molecule has 0 spiro atoms. The van der Waals surface area contributed by atoms with Crippen molar-refractivity contribution in [3.05, 3.63) is 28.2 Å². The molecule has 4 heteroatoms. The lowest BCUT2D eigenvalue weighted by Gasteiger charge is -2.18. The molecule has 2 nitrogen and oxygen atoms in total. The zero-order chi connectivity index (χ0) is 13.8. The fraction of sp³-hybridized carbons (Fsp3) is 0.533. The second-order valence-corrected chi connectivity index (χ2v) is 7.07. The van der Waals surface area contributed by atoms with Crippen molar-refractivity contribution in [2.75, 3.05) is 11.9 Å². The van der Waals surface area contributed by atoms with E-state index in [9.17, 15) is 0 Å². The molecule has 19 heavy (non-hydrogen) atoms. The number of aryl methyl sites for hydroxylation is 1. The van der Waals surface area contributed by atoms with Gasteiger partial charge in [-0.2, -0.15) is 0 Å². The van der Waals surface area contributed by atoms with Crippen molar-refractivity contribution >= 4 is 38.5 Å². The van der Waals surface area contributed by atoms with E-state index in [1.165, 1.54) is 18.4 Å². The average Bonchev–Trinajstić information content (AvgIpc) is 2.84. The molecule has 0 fully saturated rings. The van der Waals surface area contributed by atoms with Gasteiger partial charge in [-0.1, -0.05) is 44.5 Å². The summed E-state index contributed by atoms with van der Waals surface area (Å²) < 4.78 is 1.09. The first kappa shape index (κ1) is 14.9. The van der Waals surface area contributed by atoms with E-state index in [1.54, 1.807) is 0 Å². The molecule has 1 aliphatic heterocycles. The van der Waals surface area contributed by atoms with Gasteiger partial charge >= 0.3 is 0 Å². The van der Waals surface area contributed by atoms with Gasteiger partial charge in [-0.25, -0.2) is 0 Å². The van der Waals surface area contributed by atoms with Gasteiger partial charge in [-0.05, 0) is 46.5 Å². The Bertz CT molecular complexity index is 469. The average molecular weight is 341 g/mol. The molecule has 1 aromatic rings. The minimum absolute atomic E-state index is 0.640. The van der Waals surface area contributed by atoms with Gasteiger partial charge in [-0.3, -0.25) is 4.99 Å². The van der Waals surface area contributed by atoms with E-state index >= 15 is 0 Å². The van der Waals surface area contributed by atoms with Crippen molar-refractivity contribution in [3.8, 4) is 0 Å². The number of nitrogens with one attached hydrogen (secondary N) is 1. The van der Waals surface area contributed by atoms with Crippen molar-refractivity contribution in [1.29, 1.82) is 0 Å². The summed E-state index contributed by atoms with van der Waals surface area (Å²) in [5.41, 5.74) is 2.36. The fourth-order valence-electron chi connectivity index (χ4n) is 2.37. The van der Waals surface area contributed by atoms with E-state index in [4.69, 9.17) is 0 Å². The summed E-state index contributed by atoms with van der Waals surface area (Å²) in [5, 5.41) is 5.15. The SMILES string of the molecule is CCC(CC)C1CN=C(Nc2cc(C)ccc2Br)S1. The van der Waals surface area contributed by atoms with Crippen molar-refractivity contribution in [2.24, 2.45) is 10.9 Å². The number of hydrogen-bond acceptors (Lipinski definition) is 3. The smallest absolute Gasteiger partial charge is 0.161 e. The highest BCUT2D eigenvalue weighted by Gasteiger charge is 2.26. The third kappa shape index (κ3) is 3.76. The molecule has 0 saturated heterocycles. The van der Waals surface area contributed by atoms with E-state index in [0.717, 1.165) is 27.8 Å². The van der Waals surface area contributed by atoms with E-state index in [0.29, 0.717) is 5.25 Å². The minimum Gasteiger partial charge on any atom is -0.334 e. The summed E-state index contributed by atoms with van der Waals surface area (Å²) in [5.74, 6) is 0.772. The summed E-state index contributed by atoms with van der Waals surface area (Å²) in [6.45, 7) is 7.60. The van der Waals surface area contributed by atoms with Gasteiger partial charge in [-0.15, -0.1) is 0 Å². The minimum atomic E-state index is 0.640. The lowest BCUT2D eigenvalue weighted by atomic mass is 9.99. The Hall–Kier alpha value is -0.480. The quantitative estimate of drug-likeness (QED) is 0.826. The third-order valence-electron chi connectivity index (χ3n) is 3.62. The number of benzene rings is 1. The van der Waals surface area contributed by atoms with Gasteiger partial charge in [0.05, 0.1) is 12.2 Å². The van der Waals surface area contributed by atoms with Gasteiger partial charge < -0.3 is 5.32 Å². The number of nitrogens with zero attached hydrogens (tertiary/aromatic N) is 1. The highest BCUT2D eigenvalue weighted by atomic mass is 79.9. The van der Waals surface area contributed by atoms with Gasteiger partial charge in [0.15, 0.2) is 5.17 Å². The van der Waals surface area contributed by atoms with Crippen LogP contribution in [-0.4, -0.2) is 17.0 Å². The van der Waals surface area contributed by atoms with Crippen molar-refractivity contribution < 1.29 is 0 Å². The fourth-order valence-corrected chi connectivity index (χ4v) is 4.05. The molecule has 1 unspecified atom stereocenters. The van der Waals surface area contributed by atoms with Crippen LogP contribution < -0.4 is 5.32 Å². The first-order valence-electron chi connectivity index (χ1n) is 6.88. The number of aliphatic imine (C=N–C) groups is 1. The van der Waals surface area contributed by atoms with Gasteiger partial charge in [0.25, 0.3) is 0 Å². The predicted octanol–water partition coefficient (Wildman–Crippen LogP) is 5.08. The van der Waals surface area contributed by atoms with Crippen LogP contribution in [0.5, 0.6) is 0 Å². The van der Waals surface area contributed by atoms with Crippen LogP contribution >= 0.6 is 27.7 Å². The van der Waals surface area contributed by atoms with E-state index in [2.05, 4.69) is 65.2 Å². The van der Waals surface area contributed by atoms with E-state index in [1.807, 2.05) is 11.8 Å². The summed E-state index contributed by atoms with van der Waals surface area (Å²) in [6.07, 6.45) is 2.48. The molecule has 2 rings (SSSR count). The maximum Gasteiger partial charge on any atom is 0.161 e. The van der Waals surface area contributed by atoms with Crippen molar-refractivity contribution in [3.63, 3.8) is 0 Å². The molecule has 1 aromatic carbocycles. The lowest BCUT2D eigenvalue weighted by molar-refractivity contribution is 0.479. The van der Waals surface area contributed by atoms with Gasteiger partial charge in [0.1, 0.15) is 0 Å². The van der Waals surface area contributed by atoms with E-state index in [-0.39, 0.29) is 0 Å². The molecule has 1 heterocycles. The number of rotatable bonds is 4. The standard InChI is InChI=1S/C15H21BrN2S/c1-4-11(5-2)14-9-17-15(19-14)18-13-8-10(3)6-7-12(13)16/h6-8,11,14H,4-5,9H2,1-3H3,(H,17,18). The Morgan fingerprint density at radius 3 is 2.84 bits per heavy atom. The maximum absolute atomic E-state index is 4.65. The summed E-state index contributed by atoms with van der Waals surface area (Å²) in [6, 6.07) is 6.33. The zero-order valence-corrected chi connectivity index (χ0v) is 14.1. The Kier molecular flexibility index (Phi) is 5.34. The summed E-state index contributed by atoms with van der Waals surface area (Å²) >= 11 is 5.48. The zero-order valence-electron chi connectivity index (χ0n) is 11.7. The molecular formula is C15H21BrN2S. The number of amidine groups is 1. The van der Waals surface area contributed by atoms with Crippen LogP contribution in [0.4, 0.5) is 5.69 Å². The topological polar surface area (TPSA) is 24.4 Å². The molecule has 1 atom stereocenters. The molecule has 0 aromatic heterocycles. The van der Waals surface area contributed by atoms with Crippen LogP contribution in [0.15, 0.2) is 27.7 Å². The molecule has 0 aliphatic carbocycles. The monoisotopic (exact) mass is 340 g/mol. The van der Waals surface area contributed by atoms with Crippen LogP contribution in [0.3, 0.4) is 0 Å². The number of halogens is 1. The van der Waals surface area contributed by atoms with Gasteiger partial charge in [0, 0.05) is 9.72 Å². The van der Waals surface area contributed by atoms with Crippen LogP contribution in [0.2, 0.25) is 0 Å². The molecule has 1 N–H and O–H groups in total. The Morgan fingerprint density at radius 2 is 2.16 bits per heavy atom. The van der Waals surface area contributed by atoms with Crippen LogP contribution in [-0.2, 0) is 0 Å². The third-order valence-corrected chi connectivity index (χ3v) is 5.60. The van der Waals surface area contributed by atoms with E-state index < -0.39 is 0 Å². The van der Waals surface area contributed by atoms with Crippen LogP contribution in [0, 0.1) is 12.8 Å². The number of hydrogen-bond donors (Lipinski definition) is 1. The number of thioether (sulfide) groups is 1. The lowest BCUT2D eigenvalue weighted by Crippen LogP contribution is -2.17. The van der Waals surface area contributed by atoms with Crippen LogP contribution in [0.1, 0.15) is 32.3 Å². The van der Waals surface area contributed by atoms with Gasteiger partial charge in [0.2, 0.25) is 0 Å². The Balaban J connectivity index is 2.00. The maximum atomic E-state index is 4.65. The van der Waals surface area contributed by atoms with Crippen molar-refractivity contribution in [2.45, 2.75) is 38.9 Å². The Labute approximate surface area is 128 Å². The molecule has 0 bridgehead atoms. The van der Waals surface area contributed by atoms with Crippen molar-refractivity contribution in [1.82, 2.24) is 0 Å². The Morgan fingerprint density at radius 1 is 1.42 bits per heavy atom. The second-order valence-electron chi connectivity index (χ2n) is 4.99. The predicted molar refractivity (Wildman–Crippen MR) is 90.3 cm³/mol. The molecule has 0 radical (unpaired) electrons. The molecule has 104 valence electrons. The highest BCUT2D eigenvalue weighted by molar-refractivity contribution is 9.10. The molecular weight excluding hydrogens is 320 g/mol. The summed E-state index contributed by atoms with van der Waals surface area (Å²) in [4.78, 5) is 4.65. The van der Waals surface area contributed by atoms with Crippen LogP contribution in [0.25, 0.3) is 0 Å². The molecule has 0 saturated carbocycles. The first-order valence-corrected chi connectivity index (χ1v) is 8.55. The number of anilines is 1. The molecule has 1 aliphatic rings. The molecule has 0 amide bonds. The summed E-state index contributed by atoms with van der Waals surface area (Å²) in [7, 11) is 0. The largest absolute Gasteiger partial charge is 0.334 e. The first-order chi connectivity index (χ1) is 9.13. The highest BCUT2D eigenvalue weighted by Crippen LogP contribution is 2.33.